The summed E-state index contributed by atoms with van der Waals surface area (Å²) in [7, 11) is -3.50. The third-order valence-electron chi connectivity index (χ3n) is 7.21. The van der Waals surface area contributed by atoms with Crippen LogP contribution in [0.1, 0.15) is 35.6 Å². The second kappa shape index (κ2) is 8.77. The van der Waals surface area contributed by atoms with E-state index in [0.717, 1.165) is 25.0 Å². The Labute approximate surface area is 214 Å². The molecule has 0 spiro atoms. The average molecular weight is 532 g/mol. The number of halogens is 2. The molecule has 1 aliphatic heterocycles. The number of benzene rings is 1. The molecule has 5 rings (SSSR count). The number of anilines is 3. The normalized spacial score (nSPS) is 20.2. The number of nitrogens with one attached hydrogen (secondary N) is 3. The van der Waals surface area contributed by atoms with Gasteiger partial charge in [0.25, 0.3) is 5.91 Å². The van der Waals surface area contributed by atoms with Gasteiger partial charge in [0.2, 0.25) is 10.0 Å². The molecule has 190 valence electrons. The largest absolute Gasteiger partial charge is 0.370 e. The van der Waals surface area contributed by atoms with Crippen LogP contribution in [0.4, 0.5) is 21.5 Å². The smallest absolute Gasteiger partial charge is 0.257 e. The molecule has 0 radical (unpaired) electrons. The Hall–Kier alpha value is -3.11. The predicted octanol–water partition coefficient (Wildman–Crippen LogP) is 4.51. The van der Waals surface area contributed by atoms with Crippen LogP contribution in [0, 0.1) is 23.1 Å². The van der Waals surface area contributed by atoms with Crippen LogP contribution >= 0.6 is 11.6 Å². The van der Waals surface area contributed by atoms with Crippen LogP contribution in [0.3, 0.4) is 0 Å². The van der Waals surface area contributed by atoms with E-state index in [-0.39, 0.29) is 22.9 Å². The monoisotopic (exact) mass is 531 g/mol. The number of pyridine rings is 1. The number of amides is 1. The highest BCUT2D eigenvalue weighted by Gasteiger charge is 2.61. The Morgan fingerprint density at radius 1 is 1.19 bits per heavy atom. The number of piperidine rings is 1. The maximum absolute atomic E-state index is 14.9. The number of H-pyrrole nitrogens is 1. The Morgan fingerprint density at radius 3 is 2.56 bits per heavy atom. The summed E-state index contributed by atoms with van der Waals surface area (Å²) >= 11 is 6.05. The lowest BCUT2D eigenvalue weighted by atomic mass is 10.1. The summed E-state index contributed by atoms with van der Waals surface area (Å²) in [5, 5.41) is 2.95. The van der Waals surface area contributed by atoms with E-state index in [1.165, 1.54) is 30.5 Å². The van der Waals surface area contributed by atoms with Crippen LogP contribution in [0.25, 0.3) is 0 Å². The van der Waals surface area contributed by atoms with E-state index in [1.54, 1.807) is 12.3 Å². The van der Waals surface area contributed by atoms with Gasteiger partial charge < -0.3 is 15.2 Å². The number of nitrogens with zero attached hydrogens (tertiary/aromatic N) is 2. The number of fused-ring (bicyclic) bond motifs is 1. The highest BCUT2D eigenvalue weighted by Crippen LogP contribution is 2.62. The summed E-state index contributed by atoms with van der Waals surface area (Å²) in [6, 6.07) is 7.57. The third-order valence-corrected chi connectivity index (χ3v) is 8.04. The van der Waals surface area contributed by atoms with Crippen molar-refractivity contribution in [1.82, 2.24) is 9.97 Å². The highest BCUT2D eigenvalue weighted by atomic mass is 35.5. The summed E-state index contributed by atoms with van der Waals surface area (Å²) in [5.74, 6) is 0.526. The first-order valence-electron chi connectivity index (χ1n) is 11.6. The minimum Gasteiger partial charge on any atom is -0.370 e. The van der Waals surface area contributed by atoms with Crippen molar-refractivity contribution in [3.8, 4) is 0 Å². The predicted molar refractivity (Wildman–Crippen MR) is 139 cm³/mol. The van der Waals surface area contributed by atoms with Gasteiger partial charge in [-0.2, -0.15) is 0 Å². The minimum absolute atomic E-state index is 0.206. The van der Waals surface area contributed by atoms with E-state index >= 15 is 0 Å². The first-order valence-corrected chi connectivity index (χ1v) is 13.8. The van der Waals surface area contributed by atoms with E-state index in [2.05, 4.69) is 38.8 Å². The summed E-state index contributed by atoms with van der Waals surface area (Å²) < 4.78 is 40.2. The Morgan fingerprint density at radius 2 is 1.89 bits per heavy atom. The number of hydrogen-bond acceptors (Lipinski definition) is 5. The molecule has 2 aromatic heterocycles. The number of hydrogen-bond donors (Lipinski definition) is 3. The molecule has 0 bridgehead atoms. The van der Waals surface area contributed by atoms with Gasteiger partial charge in [0.1, 0.15) is 5.82 Å². The molecule has 3 N–H and O–H groups in total. The van der Waals surface area contributed by atoms with Crippen LogP contribution in [-0.2, 0) is 16.4 Å². The second-order valence-corrected chi connectivity index (χ2v) is 12.4. The van der Waals surface area contributed by atoms with Gasteiger partial charge in [0.15, 0.2) is 0 Å². The van der Waals surface area contributed by atoms with Gasteiger partial charge in [-0.1, -0.05) is 25.4 Å². The Bertz CT molecular complexity index is 1440. The van der Waals surface area contributed by atoms with Gasteiger partial charge in [-0.15, -0.1) is 0 Å². The van der Waals surface area contributed by atoms with Gasteiger partial charge in [-0.05, 0) is 41.5 Å². The lowest BCUT2D eigenvalue weighted by Gasteiger charge is -2.24. The van der Waals surface area contributed by atoms with Gasteiger partial charge in [-0.25, -0.2) is 12.8 Å². The highest BCUT2D eigenvalue weighted by molar-refractivity contribution is 7.92. The van der Waals surface area contributed by atoms with Crippen LogP contribution in [0.2, 0.25) is 5.02 Å². The lowest BCUT2D eigenvalue weighted by Crippen LogP contribution is -2.26. The molecular weight excluding hydrogens is 505 g/mol. The number of carbonyl (C=O) groups is 1. The van der Waals surface area contributed by atoms with Gasteiger partial charge in [0, 0.05) is 48.2 Å². The van der Waals surface area contributed by atoms with E-state index in [9.17, 15) is 17.6 Å². The molecule has 2 atom stereocenters. The fourth-order valence-electron chi connectivity index (χ4n) is 5.10. The molecule has 2 fully saturated rings. The Kier molecular flexibility index (Phi) is 5.99. The topological polar surface area (TPSA) is 107 Å². The number of rotatable bonds is 7. The third kappa shape index (κ3) is 5.05. The minimum atomic E-state index is -3.50. The zero-order valence-electron chi connectivity index (χ0n) is 20.1. The number of sulfonamides is 1. The first kappa shape index (κ1) is 24.6. The molecule has 1 aliphatic carbocycles. The van der Waals surface area contributed by atoms with Crippen molar-refractivity contribution in [3.63, 3.8) is 0 Å². The zero-order chi connectivity index (χ0) is 25.8. The van der Waals surface area contributed by atoms with Gasteiger partial charge in [-0.3, -0.25) is 14.5 Å². The molecule has 2 aliphatic rings. The SMILES string of the molecule is CC1(C)C2CN(c3cnc(Cc4cc(C(=O)Nc5cc(Cl)cc(NS(C)(=O)=O)c5)c[nH]4)c(F)c3)CC21. The van der Waals surface area contributed by atoms with Crippen molar-refractivity contribution in [3.05, 3.63) is 70.5 Å². The van der Waals surface area contributed by atoms with Crippen LogP contribution < -0.4 is 14.9 Å². The lowest BCUT2D eigenvalue weighted by molar-refractivity contribution is 0.102. The van der Waals surface area contributed by atoms with Crippen molar-refractivity contribution < 1.29 is 17.6 Å². The summed E-state index contributed by atoms with van der Waals surface area (Å²) in [5.41, 5.74) is 3.01. The molecule has 1 saturated heterocycles. The summed E-state index contributed by atoms with van der Waals surface area (Å²) in [6.45, 7) is 6.45. The number of carbonyl (C=O) groups excluding carboxylic acids is 1. The maximum Gasteiger partial charge on any atom is 0.257 e. The first-order chi connectivity index (χ1) is 16.9. The molecule has 1 aromatic carbocycles. The molecule has 1 amide bonds. The van der Waals surface area contributed by atoms with E-state index < -0.39 is 15.9 Å². The quantitative estimate of drug-likeness (QED) is 0.416. The molecule has 3 aromatic rings. The van der Waals surface area contributed by atoms with Gasteiger partial charge in [0.05, 0.1) is 35.1 Å². The van der Waals surface area contributed by atoms with Crippen molar-refractivity contribution in [1.29, 1.82) is 0 Å². The van der Waals surface area contributed by atoms with Crippen LogP contribution in [0.15, 0.2) is 42.7 Å². The molecule has 3 heterocycles. The molecule has 1 saturated carbocycles. The maximum atomic E-state index is 14.9. The van der Waals surface area contributed by atoms with Crippen molar-refractivity contribution >= 4 is 44.6 Å². The summed E-state index contributed by atoms with van der Waals surface area (Å²) in [6.07, 6.45) is 4.47. The molecule has 2 unspecified atom stereocenters. The fraction of sp³-hybridized carbons (Fsp3) is 0.360. The summed E-state index contributed by atoms with van der Waals surface area (Å²) in [4.78, 5) is 22.3. The van der Waals surface area contributed by atoms with Crippen molar-refractivity contribution in [2.45, 2.75) is 20.3 Å². The van der Waals surface area contributed by atoms with Crippen molar-refractivity contribution in [2.75, 3.05) is 34.3 Å². The van der Waals surface area contributed by atoms with E-state index in [4.69, 9.17) is 11.6 Å². The van der Waals surface area contributed by atoms with Crippen molar-refractivity contribution in [2.24, 2.45) is 17.3 Å². The molecular formula is C25H27ClFN5O3S. The zero-order valence-corrected chi connectivity index (χ0v) is 21.7. The standard InChI is InChI=1S/C25H27ClFN5O3S/c1-25(2)20-12-32(13-21(20)25)19-9-22(27)23(29-11-19)8-16-4-14(10-28-16)24(33)30-17-5-15(26)6-18(7-17)31-36(3,34)35/h4-7,9-11,20-21,28,31H,8,12-13H2,1-3H3,(H,30,33). The molecule has 11 heteroatoms. The van der Waals surface area contributed by atoms with Gasteiger partial charge >= 0.3 is 0 Å². The van der Waals surface area contributed by atoms with Crippen LogP contribution in [0.5, 0.6) is 0 Å². The van der Waals surface area contributed by atoms with E-state index in [1.807, 2.05) is 0 Å². The van der Waals surface area contributed by atoms with E-state index in [0.29, 0.717) is 39.9 Å². The Balaban J connectivity index is 1.23. The molecule has 8 nitrogen and oxygen atoms in total. The number of aromatic nitrogens is 2. The fourth-order valence-corrected chi connectivity index (χ4v) is 5.88. The second-order valence-electron chi connectivity index (χ2n) is 10.2. The van der Waals surface area contributed by atoms with Crippen LogP contribution in [-0.4, -0.2) is 43.6 Å². The molecule has 36 heavy (non-hydrogen) atoms. The number of aromatic amines is 1. The average Bonchev–Trinajstić information content (AvgIpc) is 3.20.